The second-order valence-corrected chi connectivity index (χ2v) is 5.47. The maximum absolute atomic E-state index is 11.2. The maximum Gasteiger partial charge on any atom is 0.337 e. The third-order valence-electron chi connectivity index (χ3n) is 3.93. The van der Waals surface area contributed by atoms with E-state index < -0.39 is 5.97 Å². The number of aromatic carboxylic acids is 1. The molecule has 0 unspecified atom stereocenters. The third kappa shape index (κ3) is 2.24. The van der Waals surface area contributed by atoms with Crippen molar-refractivity contribution in [2.24, 2.45) is 0 Å². The Morgan fingerprint density at radius 2 is 2.10 bits per heavy atom. The summed E-state index contributed by atoms with van der Waals surface area (Å²) in [6, 6.07) is 3.92. The molecule has 1 aliphatic heterocycles. The molecule has 2 aromatic heterocycles. The molecule has 2 aromatic rings. The minimum atomic E-state index is -0.933. The predicted octanol–water partition coefficient (Wildman–Crippen LogP) is 2.45. The number of carboxylic acids is 1. The Hall–Kier alpha value is -2.43. The monoisotopic (exact) mass is 283 g/mol. The van der Waals surface area contributed by atoms with Crippen molar-refractivity contribution in [1.82, 2.24) is 9.97 Å². The van der Waals surface area contributed by atoms with Crippen LogP contribution >= 0.6 is 0 Å². The van der Waals surface area contributed by atoms with Crippen molar-refractivity contribution < 1.29 is 9.90 Å². The van der Waals surface area contributed by atoms with Gasteiger partial charge in [0.25, 0.3) is 0 Å². The zero-order chi connectivity index (χ0) is 15.1. The quantitative estimate of drug-likeness (QED) is 0.917. The molecule has 0 spiro atoms. The van der Waals surface area contributed by atoms with E-state index >= 15 is 0 Å². The van der Waals surface area contributed by atoms with Crippen molar-refractivity contribution in [2.45, 2.75) is 20.3 Å². The number of rotatable bonds is 2. The topological polar surface area (TPSA) is 66.3 Å². The fourth-order valence-electron chi connectivity index (χ4n) is 2.87. The van der Waals surface area contributed by atoms with Crippen LogP contribution in [0.15, 0.2) is 18.3 Å². The number of carbonyl (C=O) groups is 1. The van der Waals surface area contributed by atoms with Crippen LogP contribution in [0.3, 0.4) is 0 Å². The van der Waals surface area contributed by atoms with Crippen molar-refractivity contribution in [3.63, 3.8) is 0 Å². The summed E-state index contributed by atoms with van der Waals surface area (Å²) in [5.74, 6) is 0.0899. The van der Waals surface area contributed by atoms with Gasteiger partial charge in [-0.1, -0.05) is 0 Å². The van der Waals surface area contributed by atoms with Gasteiger partial charge in [0.05, 0.1) is 17.0 Å². The van der Waals surface area contributed by atoms with Gasteiger partial charge >= 0.3 is 5.97 Å². The van der Waals surface area contributed by atoms with Crippen molar-refractivity contribution >= 4 is 11.8 Å². The highest BCUT2D eigenvalue weighted by molar-refractivity contribution is 5.91. The van der Waals surface area contributed by atoms with Gasteiger partial charge in [-0.3, -0.25) is 4.98 Å². The van der Waals surface area contributed by atoms with Crippen LogP contribution in [0.2, 0.25) is 0 Å². The van der Waals surface area contributed by atoms with E-state index in [1.165, 1.54) is 5.56 Å². The van der Waals surface area contributed by atoms with Crippen molar-refractivity contribution in [1.29, 1.82) is 0 Å². The lowest BCUT2D eigenvalue weighted by molar-refractivity contribution is 0.0695. The molecule has 1 aliphatic rings. The minimum absolute atomic E-state index is 0.285. The molecule has 21 heavy (non-hydrogen) atoms. The number of nitrogens with zero attached hydrogens (tertiary/aromatic N) is 3. The number of fused-ring (bicyclic) bond motifs is 1. The van der Waals surface area contributed by atoms with Gasteiger partial charge in [0.15, 0.2) is 0 Å². The molecule has 108 valence electrons. The maximum atomic E-state index is 11.2. The van der Waals surface area contributed by atoms with E-state index in [1.54, 1.807) is 13.8 Å². The van der Waals surface area contributed by atoms with Crippen molar-refractivity contribution in [2.75, 3.05) is 18.5 Å². The van der Waals surface area contributed by atoms with Gasteiger partial charge in [-0.25, -0.2) is 9.78 Å². The average Bonchev–Trinajstić information content (AvgIpc) is 2.78. The summed E-state index contributed by atoms with van der Waals surface area (Å²) in [6.45, 7) is 4.51. The minimum Gasteiger partial charge on any atom is -0.478 e. The third-order valence-corrected chi connectivity index (χ3v) is 3.93. The zero-order valence-corrected chi connectivity index (χ0v) is 12.3. The highest BCUT2D eigenvalue weighted by Crippen LogP contribution is 2.29. The Morgan fingerprint density at radius 3 is 2.76 bits per heavy atom. The van der Waals surface area contributed by atoms with E-state index in [9.17, 15) is 9.90 Å². The molecule has 5 heteroatoms. The molecule has 5 nitrogen and oxygen atoms in total. The first-order valence-electron chi connectivity index (χ1n) is 6.89. The molecule has 3 heterocycles. The molecule has 0 atom stereocenters. The van der Waals surface area contributed by atoms with Crippen LogP contribution in [0.5, 0.6) is 0 Å². The van der Waals surface area contributed by atoms with Crippen molar-refractivity contribution in [3.05, 3.63) is 40.7 Å². The molecule has 0 bridgehead atoms. The first-order chi connectivity index (χ1) is 9.97. The lowest BCUT2D eigenvalue weighted by Crippen LogP contribution is -2.13. The average molecular weight is 283 g/mol. The predicted molar refractivity (Wildman–Crippen MR) is 80.9 cm³/mol. The molecule has 0 radical (unpaired) electrons. The summed E-state index contributed by atoms with van der Waals surface area (Å²) >= 11 is 0. The van der Waals surface area contributed by atoms with E-state index in [0.717, 1.165) is 35.6 Å². The van der Waals surface area contributed by atoms with Gasteiger partial charge in [-0.15, -0.1) is 0 Å². The Balaban J connectivity index is 2.08. The van der Waals surface area contributed by atoms with Crippen LogP contribution < -0.4 is 4.90 Å². The molecule has 0 amide bonds. The Bertz CT molecular complexity index is 717. The van der Waals surface area contributed by atoms with E-state index in [2.05, 4.69) is 20.9 Å². The van der Waals surface area contributed by atoms with E-state index in [4.69, 9.17) is 0 Å². The molecule has 0 aromatic carbocycles. The second-order valence-electron chi connectivity index (χ2n) is 5.47. The summed E-state index contributed by atoms with van der Waals surface area (Å²) in [6.07, 6.45) is 2.79. The number of hydrogen-bond donors (Lipinski definition) is 1. The largest absolute Gasteiger partial charge is 0.478 e. The van der Waals surface area contributed by atoms with Gasteiger partial charge in [-0.05, 0) is 43.5 Å². The number of aryl methyl sites for hydroxylation is 2. The van der Waals surface area contributed by atoms with Crippen LogP contribution in [-0.2, 0) is 6.42 Å². The summed E-state index contributed by atoms with van der Waals surface area (Å²) in [7, 11) is 2.03. The smallest absolute Gasteiger partial charge is 0.337 e. The van der Waals surface area contributed by atoms with E-state index in [-0.39, 0.29) is 5.56 Å². The molecule has 0 saturated heterocycles. The zero-order valence-electron chi connectivity index (χ0n) is 12.3. The van der Waals surface area contributed by atoms with Gasteiger partial charge in [0.1, 0.15) is 5.82 Å². The van der Waals surface area contributed by atoms with E-state index in [0.29, 0.717) is 5.69 Å². The molecule has 0 saturated carbocycles. The normalized spacial score (nSPS) is 13.4. The number of pyridine rings is 2. The Labute approximate surface area is 123 Å². The van der Waals surface area contributed by atoms with Gasteiger partial charge in [0, 0.05) is 25.4 Å². The molecular weight excluding hydrogens is 266 g/mol. The summed E-state index contributed by atoms with van der Waals surface area (Å²) in [5.41, 5.74) is 4.48. The number of carboxylic acid groups (broad SMARTS) is 1. The lowest BCUT2D eigenvalue weighted by Gasteiger charge is -2.12. The van der Waals surface area contributed by atoms with Gasteiger partial charge in [-0.2, -0.15) is 0 Å². The Kier molecular flexibility index (Phi) is 3.12. The van der Waals surface area contributed by atoms with Crippen LogP contribution in [0.1, 0.15) is 27.2 Å². The van der Waals surface area contributed by atoms with Crippen molar-refractivity contribution in [3.8, 4) is 11.3 Å². The molecule has 0 aliphatic carbocycles. The molecule has 1 N–H and O–H groups in total. The summed E-state index contributed by atoms with van der Waals surface area (Å²) in [5, 5.41) is 9.21. The fraction of sp³-hybridized carbons (Fsp3) is 0.312. The molecule has 0 fully saturated rings. The summed E-state index contributed by atoms with van der Waals surface area (Å²) in [4.78, 5) is 22.3. The van der Waals surface area contributed by atoms with Crippen LogP contribution in [0, 0.1) is 13.8 Å². The number of hydrogen-bond acceptors (Lipinski definition) is 4. The SMILES string of the molecule is Cc1cc(-c2cnc3c(c2)CCN3C)nc(C)c1C(=O)O. The van der Waals surface area contributed by atoms with Crippen LogP contribution in [-0.4, -0.2) is 34.6 Å². The van der Waals surface area contributed by atoms with Gasteiger partial charge < -0.3 is 10.0 Å². The summed E-state index contributed by atoms with van der Waals surface area (Å²) < 4.78 is 0. The van der Waals surface area contributed by atoms with Gasteiger partial charge in [0.2, 0.25) is 0 Å². The number of likely N-dealkylation sites (N-methyl/N-ethyl adjacent to an activating group) is 1. The highest BCUT2D eigenvalue weighted by Gasteiger charge is 2.19. The first-order valence-corrected chi connectivity index (χ1v) is 6.89. The number of aromatic nitrogens is 2. The fourth-order valence-corrected chi connectivity index (χ4v) is 2.87. The lowest BCUT2D eigenvalue weighted by atomic mass is 10.0. The van der Waals surface area contributed by atoms with Crippen LogP contribution in [0.4, 0.5) is 5.82 Å². The standard InChI is InChI=1S/C16H17N3O2/c1-9-6-13(18-10(2)14(9)16(20)21)12-7-11-4-5-19(3)15(11)17-8-12/h6-8H,4-5H2,1-3H3,(H,20,21). The highest BCUT2D eigenvalue weighted by atomic mass is 16.4. The number of anilines is 1. The van der Waals surface area contributed by atoms with Crippen LogP contribution in [0.25, 0.3) is 11.3 Å². The second kappa shape index (κ2) is 4.84. The first kappa shape index (κ1) is 13.5. The Morgan fingerprint density at radius 1 is 1.33 bits per heavy atom. The molecular formula is C16H17N3O2. The molecule has 3 rings (SSSR count). The van der Waals surface area contributed by atoms with E-state index in [1.807, 2.05) is 19.3 Å².